The third-order valence-corrected chi connectivity index (χ3v) is 4.34. The van der Waals surface area contributed by atoms with Crippen LogP contribution in [0.5, 0.6) is 11.5 Å². The smallest absolute Gasteiger partial charge is 0.197 e. The van der Waals surface area contributed by atoms with E-state index in [1.54, 1.807) is 6.92 Å². The molecule has 7 heteroatoms. The molecule has 2 rings (SSSR count). The summed E-state index contributed by atoms with van der Waals surface area (Å²) in [5, 5.41) is 37.2. The van der Waals surface area contributed by atoms with Crippen LogP contribution in [0.15, 0.2) is 36.4 Å². The molecule has 0 amide bonds. The van der Waals surface area contributed by atoms with Crippen LogP contribution in [0.2, 0.25) is 0 Å². The van der Waals surface area contributed by atoms with Gasteiger partial charge in [-0.2, -0.15) is 0 Å². The Morgan fingerprint density at radius 3 is 2.03 bits per heavy atom. The highest BCUT2D eigenvalue weighted by atomic mass is 16.3. The lowest BCUT2D eigenvalue weighted by molar-refractivity contribution is -0.112. The van der Waals surface area contributed by atoms with E-state index in [4.69, 9.17) is 10.8 Å². The van der Waals surface area contributed by atoms with Crippen LogP contribution < -0.4 is 4.90 Å². The number of hydrogen-bond donors (Lipinski definition) is 4. The molecule has 0 spiro atoms. The zero-order valence-corrected chi connectivity index (χ0v) is 18.7. The summed E-state index contributed by atoms with van der Waals surface area (Å²) in [6, 6.07) is 8.71. The molecular weight excluding hydrogens is 394 g/mol. The minimum atomic E-state index is -0.480. The van der Waals surface area contributed by atoms with Gasteiger partial charge in [0.15, 0.2) is 11.6 Å². The predicted molar refractivity (Wildman–Crippen MR) is 124 cm³/mol. The van der Waals surface area contributed by atoms with Gasteiger partial charge >= 0.3 is 0 Å². The van der Waals surface area contributed by atoms with Crippen molar-refractivity contribution in [3.05, 3.63) is 53.1 Å². The van der Waals surface area contributed by atoms with Gasteiger partial charge in [0.25, 0.3) is 0 Å². The Hall–Kier alpha value is -3.48. The normalized spacial score (nSPS) is 10.1. The topological polar surface area (TPSA) is 126 Å². The SMILES string of the molecule is CCC.CCC(=O)C(=N)N(C(=N)c1cc(C(C)C)c(O)cc1O)c1ccc(C=O)cc1. The Labute approximate surface area is 183 Å². The van der Waals surface area contributed by atoms with Gasteiger partial charge in [0.05, 0.1) is 5.56 Å². The summed E-state index contributed by atoms with van der Waals surface area (Å²) in [6.07, 6.45) is 2.00. The average molecular weight is 426 g/mol. The fourth-order valence-corrected chi connectivity index (χ4v) is 2.73. The summed E-state index contributed by atoms with van der Waals surface area (Å²) in [6.45, 7) is 9.58. The van der Waals surface area contributed by atoms with Gasteiger partial charge in [-0.3, -0.25) is 25.3 Å². The van der Waals surface area contributed by atoms with E-state index in [1.165, 1.54) is 36.8 Å². The van der Waals surface area contributed by atoms with Gasteiger partial charge in [-0.25, -0.2) is 0 Å². The Kier molecular flexibility index (Phi) is 9.60. The molecule has 166 valence electrons. The molecule has 0 aromatic heterocycles. The summed E-state index contributed by atoms with van der Waals surface area (Å²) in [7, 11) is 0. The molecule has 4 N–H and O–H groups in total. The number of nitrogens with zero attached hydrogens (tertiary/aromatic N) is 1. The largest absolute Gasteiger partial charge is 0.508 e. The maximum atomic E-state index is 12.2. The molecule has 0 heterocycles. The fraction of sp³-hybridized carbons (Fsp3) is 0.333. The van der Waals surface area contributed by atoms with Crippen LogP contribution >= 0.6 is 0 Å². The maximum Gasteiger partial charge on any atom is 0.197 e. The molecule has 0 aliphatic carbocycles. The first kappa shape index (κ1) is 25.6. The number of phenolic OH excluding ortho intramolecular Hbond substituents is 2. The van der Waals surface area contributed by atoms with Crippen molar-refractivity contribution in [3.63, 3.8) is 0 Å². The van der Waals surface area contributed by atoms with E-state index in [2.05, 4.69) is 13.8 Å². The quantitative estimate of drug-likeness (QED) is 0.286. The number of phenols is 2. The molecule has 31 heavy (non-hydrogen) atoms. The Balaban J connectivity index is 0.00000151. The van der Waals surface area contributed by atoms with E-state index in [1.807, 2.05) is 13.8 Å². The molecular formula is C24H31N3O4. The second-order valence-corrected chi connectivity index (χ2v) is 7.31. The maximum absolute atomic E-state index is 12.2. The summed E-state index contributed by atoms with van der Waals surface area (Å²) in [5.74, 6) is -1.69. The van der Waals surface area contributed by atoms with E-state index < -0.39 is 11.6 Å². The number of benzene rings is 2. The van der Waals surface area contributed by atoms with Crippen LogP contribution in [0, 0.1) is 10.8 Å². The first-order valence-electron chi connectivity index (χ1n) is 10.2. The molecule has 0 saturated carbocycles. The second-order valence-electron chi connectivity index (χ2n) is 7.31. The Bertz CT molecular complexity index is 950. The highest BCUT2D eigenvalue weighted by molar-refractivity contribution is 6.48. The zero-order chi connectivity index (χ0) is 23.7. The zero-order valence-electron chi connectivity index (χ0n) is 18.7. The number of anilines is 1. The van der Waals surface area contributed by atoms with E-state index in [-0.39, 0.29) is 35.2 Å². The lowest BCUT2D eigenvalue weighted by Gasteiger charge is -2.26. The monoisotopic (exact) mass is 425 g/mol. The van der Waals surface area contributed by atoms with E-state index >= 15 is 0 Å². The first-order chi connectivity index (χ1) is 14.6. The molecule has 0 radical (unpaired) electrons. The number of Topliss-reactive ketones (excluding diaryl/α,β-unsaturated/α-hetero) is 1. The number of aromatic hydroxyl groups is 2. The van der Waals surface area contributed by atoms with Crippen LogP contribution in [-0.4, -0.2) is 34.0 Å². The number of amidine groups is 2. The van der Waals surface area contributed by atoms with E-state index in [9.17, 15) is 19.8 Å². The van der Waals surface area contributed by atoms with Crippen molar-refractivity contribution in [2.24, 2.45) is 0 Å². The molecule has 0 unspecified atom stereocenters. The van der Waals surface area contributed by atoms with Crippen molar-refractivity contribution in [2.45, 2.75) is 53.4 Å². The second kappa shape index (κ2) is 11.6. The number of ketones is 1. The van der Waals surface area contributed by atoms with Gasteiger partial charge < -0.3 is 10.2 Å². The Morgan fingerprint density at radius 1 is 1.03 bits per heavy atom. The minimum absolute atomic E-state index is 0.0656. The number of rotatable bonds is 6. The van der Waals surface area contributed by atoms with Crippen molar-refractivity contribution < 1.29 is 19.8 Å². The van der Waals surface area contributed by atoms with Gasteiger partial charge in [-0.05, 0) is 41.8 Å². The standard InChI is InChI=1S/C21H23N3O4.C3H8/c1-4-17(26)21(23)24(14-7-5-13(11-25)6-8-14)20(22)16-9-15(12(2)3)18(27)10-19(16)28;1-3-2/h5-12,22-23,27-28H,4H2,1-3H3;3H2,1-2H3. The van der Waals surface area contributed by atoms with Crippen molar-refractivity contribution in [2.75, 3.05) is 4.90 Å². The molecule has 0 saturated heterocycles. The molecule has 0 atom stereocenters. The molecule has 0 aliphatic heterocycles. The minimum Gasteiger partial charge on any atom is -0.508 e. The molecule has 0 bridgehead atoms. The molecule has 2 aromatic rings. The third kappa shape index (κ3) is 6.25. The predicted octanol–water partition coefficient (Wildman–Crippen LogP) is 5.24. The highest BCUT2D eigenvalue weighted by Gasteiger charge is 2.26. The van der Waals surface area contributed by atoms with Gasteiger partial charge in [0, 0.05) is 23.7 Å². The molecule has 7 nitrogen and oxygen atoms in total. The summed E-state index contributed by atoms with van der Waals surface area (Å²) in [4.78, 5) is 24.2. The number of carbonyl (C=O) groups is 2. The van der Waals surface area contributed by atoms with Gasteiger partial charge in [-0.15, -0.1) is 0 Å². The number of carbonyl (C=O) groups excluding carboxylic acids is 2. The van der Waals surface area contributed by atoms with Crippen LogP contribution in [0.25, 0.3) is 0 Å². The lowest BCUT2D eigenvalue weighted by Crippen LogP contribution is -2.41. The van der Waals surface area contributed by atoms with Gasteiger partial charge in [0.2, 0.25) is 0 Å². The Morgan fingerprint density at radius 2 is 1.58 bits per heavy atom. The summed E-state index contributed by atoms with van der Waals surface area (Å²) >= 11 is 0. The van der Waals surface area contributed by atoms with Gasteiger partial charge in [0.1, 0.15) is 23.6 Å². The van der Waals surface area contributed by atoms with Crippen LogP contribution in [0.1, 0.15) is 74.9 Å². The average Bonchev–Trinajstić information content (AvgIpc) is 2.73. The molecule has 2 aromatic carbocycles. The number of aldehydes is 1. The van der Waals surface area contributed by atoms with Crippen LogP contribution in [-0.2, 0) is 4.79 Å². The number of nitrogens with one attached hydrogen (secondary N) is 2. The van der Waals surface area contributed by atoms with Crippen molar-refractivity contribution >= 4 is 29.4 Å². The highest BCUT2D eigenvalue weighted by Crippen LogP contribution is 2.33. The fourth-order valence-electron chi connectivity index (χ4n) is 2.73. The summed E-state index contributed by atoms with van der Waals surface area (Å²) in [5.41, 5.74) is 1.36. The molecule has 0 fully saturated rings. The van der Waals surface area contributed by atoms with Crippen molar-refractivity contribution in [3.8, 4) is 11.5 Å². The van der Waals surface area contributed by atoms with E-state index in [0.717, 1.165) is 11.0 Å². The van der Waals surface area contributed by atoms with Crippen LogP contribution in [0.3, 0.4) is 0 Å². The van der Waals surface area contributed by atoms with Gasteiger partial charge in [-0.1, -0.05) is 41.0 Å². The van der Waals surface area contributed by atoms with Crippen molar-refractivity contribution in [1.82, 2.24) is 0 Å². The third-order valence-electron chi connectivity index (χ3n) is 4.34. The summed E-state index contributed by atoms with van der Waals surface area (Å²) < 4.78 is 0. The molecule has 0 aliphatic rings. The van der Waals surface area contributed by atoms with E-state index in [0.29, 0.717) is 23.1 Å². The lowest BCUT2D eigenvalue weighted by atomic mass is 9.98. The van der Waals surface area contributed by atoms with Crippen LogP contribution in [0.4, 0.5) is 5.69 Å². The first-order valence-corrected chi connectivity index (χ1v) is 10.2. The number of hydrogen-bond acceptors (Lipinski definition) is 6. The van der Waals surface area contributed by atoms with Crippen molar-refractivity contribution in [1.29, 1.82) is 10.8 Å².